The second-order valence-electron chi connectivity index (χ2n) is 18.1. The topological polar surface area (TPSA) is 197 Å². The number of aryl methyl sites for hydroxylation is 1. The zero-order valence-corrected chi connectivity index (χ0v) is 43.8. The number of rotatable bonds is 22. The number of aromatic amines is 1. The molecular weight excluding hydrogens is 978 g/mol. The number of imidazole rings is 1. The zero-order valence-electron chi connectivity index (χ0n) is 40.4. The van der Waals surface area contributed by atoms with Crippen molar-refractivity contribution in [1.29, 1.82) is 0 Å². The molecule has 3 N–H and O–H groups in total. The molecule has 0 aliphatic carbocycles. The molecule has 22 heteroatoms. The van der Waals surface area contributed by atoms with Gasteiger partial charge in [0.25, 0.3) is 5.91 Å². The molecule has 3 radical (unpaired) electrons. The number of aromatic nitrogens is 7. The van der Waals surface area contributed by atoms with Crippen LogP contribution in [0.5, 0.6) is 0 Å². The molecule has 0 saturated carbocycles. The third kappa shape index (κ3) is 13.2. The third-order valence-corrected chi connectivity index (χ3v) is 16.5. The van der Waals surface area contributed by atoms with Crippen LogP contribution in [-0.2, 0) is 24.8 Å². The summed E-state index contributed by atoms with van der Waals surface area (Å²) in [4.78, 5) is 64.5. The third-order valence-electron chi connectivity index (χ3n) is 13.5. The maximum absolute atomic E-state index is 14.2. The number of nitrogens with two attached hydrogens (primary N) is 1. The lowest BCUT2D eigenvalue weighted by atomic mass is 9.85. The van der Waals surface area contributed by atoms with Gasteiger partial charge in [-0.15, -0.1) is 10.2 Å². The van der Waals surface area contributed by atoms with E-state index in [-0.39, 0.29) is 29.7 Å². The SMILES string of the molecule is Cc1cc(-n2ccnc2)ccc1CSc1nnc(C(=O)N(C)CCOCCOCCC(=O)N2CCN(CC[C@@H](c3ccc(Cl)cc3)C(C)N([Si])C(=O)C3(N)CCN(c4ncnc5[nH]ccc45)CC3)CC2)s1. The van der Waals surface area contributed by atoms with E-state index in [4.69, 9.17) is 26.8 Å². The van der Waals surface area contributed by atoms with Crippen molar-refractivity contribution < 1.29 is 23.9 Å². The number of hydrogen-bond acceptors (Lipinski definition) is 15. The first kappa shape index (κ1) is 52.1. The van der Waals surface area contributed by atoms with Crippen LogP contribution in [0.2, 0.25) is 5.02 Å². The van der Waals surface area contributed by atoms with Crippen LogP contribution in [0.15, 0.2) is 84.1 Å². The van der Waals surface area contributed by atoms with Crippen molar-refractivity contribution in [3.05, 3.63) is 106 Å². The Morgan fingerprint density at radius 2 is 1.75 bits per heavy atom. The summed E-state index contributed by atoms with van der Waals surface area (Å²) < 4.78 is 15.8. The van der Waals surface area contributed by atoms with Gasteiger partial charge in [-0.2, -0.15) is 0 Å². The van der Waals surface area contributed by atoms with Crippen LogP contribution < -0.4 is 10.6 Å². The van der Waals surface area contributed by atoms with Crippen molar-refractivity contribution in [1.82, 2.24) is 54.0 Å². The lowest BCUT2D eigenvalue weighted by Gasteiger charge is -2.43. The fourth-order valence-electron chi connectivity index (χ4n) is 9.00. The predicted molar refractivity (Wildman–Crippen MR) is 277 cm³/mol. The highest BCUT2D eigenvalue weighted by Crippen LogP contribution is 2.33. The molecule has 375 valence electrons. The molecule has 4 aromatic heterocycles. The van der Waals surface area contributed by atoms with Crippen LogP contribution in [0.25, 0.3) is 16.7 Å². The van der Waals surface area contributed by atoms with Crippen molar-refractivity contribution in [3.8, 4) is 5.69 Å². The number of likely N-dealkylation sites (N-methyl/N-ethyl adjacent to an activating group) is 1. The number of hydrogen-bond donors (Lipinski definition) is 2. The van der Waals surface area contributed by atoms with Crippen molar-refractivity contribution in [2.75, 3.05) is 90.7 Å². The van der Waals surface area contributed by atoms with Gasteiger partial charge in [0.2, 0.25) is 16.8 Å². The van der Waals surface area contributed by atoms with Crippen LogP contribution in [0.4, 0.5) is 5.82 Å². The summed E-state index contributed by atoms with van der Waals surface area (Å²) in [5.74, 6) is 1.28. The quantitative estimate of drug-likeness (QED) is 0.0501. The number of nitrogens with one attached hydrogen (secondary N) is 1. The van der Waals surface area contributed by atoms with Crippen LogP contribution in [0.3, 0.4) is 0 Å². The number of amides is 3. The minimum atomic E-state index is -1.03. The smallest absolute Gasteiger partial charge is 0.284 e. The first-order chi connectivity index (χ1) is 34.4. The number of piperazine rings is 1. The Kier molecular flexibility index (Phi) is 17.9. The number of fused-ring (bicyclic) bond motifs is 1. The lowest BCUT2D eigenvalue weighted by molar-refractivity contribution is -0.135. The number of anilines is 1. The second kappa shape index (κ2) is 24.4. The van der Waals surface area contributed by atoms with E-state index in [0.717, 1.165) is 64.2 Å². The van der Waals surface area contributed by atoms with E-state index in [1.54, 1.807) is 47.1 Å². The van der Waals surface area contributed by atoms with Crippen LogP contribution in [-0.4, -0.2) is 180 Å². The molecule has 18 nitrogen and oxygen atoms in total. The lowest BCUT2D eigenvalue weighted by Crippen LogP contribution is -2.62. The summed E-state index contributed by atoms with van der Waals surface area (Å²) in [6, 6.07) is 15.9. The van der Waals surface area contributed by atoms with Crippen molar-refractivity contribution in [3.63, 3.8) is 0 Å². The highest BCUT2D eigenvalue weighted by atomic mass is 35.5. The number of carbonyl (C=O) groups is 3. The van der Waals surface area contributed by atoms with Crippen molar-refractivity contribution >= 4 is 79.7 Å². The molecule has 2 aliphatic rings. The van der Waals surface area contributed by atoms with E-state index < -0.39 is 5.54 Å². The Morgan fingerprint density at radius 3 is 2.48 bits per heavy atom. The maximum atomic E-state index is 14.2. The average Bonchev–Trinajstić information content (AvgIpc) is 4.21. The Morgan fingerprint density at radius 1 is 0.986 bits per heavy atom. The normalized spacial score (nSPS) is 16.0. The summed E-state index contributed by atoms with van der Waals surface area (Å²) in [7, 11) is 5.48. The van der Waals surface area contributed by atoms with Crippen molar-refractivity contribution in [2.24, 2.45) is 5.73 Å². The average molecular weight is 1040 g/mol. The molecule has 0 spiro atoms. The molecule has 6 aromatic rings. The number of halogens is 1. The first-order valence-electron chi connectivity index (χ1n) is 23.9. The minimum absolute atomic E-state index is 0.0107. The zero-order chi connectivity index (χ0) is 49.9. The second-order valence-corrected chi connectivity index (χ2v) is 21.2. The Hall–Kier alpha value is -5.26. The van der Waals surface area contributed by atoms with E-state index in [9.17, 15) is 14.4 Å². The molecule has 2 aliphatic heterocycles. The van der Waals surface area contributed by atoms with Crippen LogP contribution in [0, 0.1) is 6.92 Å². The monoisotopic (exact) mass is 1040 g/mol. The molecule has 71 heavy (non-hydrogen) atoms. The molecular formula is C49H61ClN13O5S2Si. The fraction of sp³-hybridized carbons (Fsp3) is 0.469. The van der Waals surface area contributed by atoms with E-state index in [2.05, 4.69) is 82.4 Å². The van der Waals surface area contributed by atoms with Gasteiger partial charge < -0.3 is 44.0 Å². The van der Waals surface area contributed by atoms with Gasteiger partial charge in [-0.05, 0) is 86.7 Å². The van der Waals surface area contributed by atoms with Gasteiger partial charge in [-0.3, -0.25) is 19.3 Å². The summed E-state index contributed by atoms with van der Waals surface area (Å²) >= 11 is 9.16. The van der Waals surface area contributed by atoms with Gasteiger partial charge in [0.1, 0.15) is 17.8 Å². The van der Waals surface area contributed by atoms with Crippen LogP contribution in [0.1, 0.15) is 65.0 Å². The van der Waals surface area contributed by atoms with Gasteiger partial charge in [0, 0.05) is 99.9 Å². The molecule has 0 bridgehead atoms. The van der Waals surface area contributed by atoms with Gasteiger partial charge >= 0.3 is 0 Å². The number of thioether (sulfide) groups is 1. The Balaban J connectivity index is 0.701. The largest absolute Gasteiger partial charge is 0.379 e. The van der Waals surface area contributed by atoms with Gasteiger partial charge in [-0.25, -0.2) is 15.0 Å². The molecule has 6 heterocycles. The highest BCUT2D eigenvalue weighted by molar-refractivity contribution is 8.00. The minimum Gasteiger partial charge on any atom is -0.379 e. The standard InChI is InChI=1S/C49H61ClN13O5S2Si/c1-34-30-39(62-20-16-52-33-62)9-6-37(34)31-69-48-57-56-45(70-48)46(65)58(3)25-27-68-29-28-67-26-12-42(64)60-23-21-59(22-24-60)17-11-40(36-4-7-38(50)8-5-36)35(2)63(71)47(66)49(51)13-18-61(19-14-49)44-41-10-15-53-43(41)54-32-55-44/h4-10,15-16,20,30,32-33,35,40H,11-14,17-19,21-29,31,51H2,1-3H3,(H,53,54,55)/t35?,40-/m1/s1. The summed E-state index contributed by atoms with van der Waals surface area (Å²) in [5, 5.41) is 10.3. The number of piperidine rings is 1. The number of benzene rings is 2. The van der Waals surface area contributed by atoms with Gasteiger partial charge in [-0.1, -0.05) is 52.9 Å². The van der Waals surface area contributed by atoms with E-state index in [0.29, 0.717) is 88.4 Å². The van der Waals surface area contributed by atoms with Crippen LogP contribution >= 0.6 is 34.7 Å². The first-order valence-corrected chi connectivity index (χ1v) is 26.6. The summed E-state index contributed by atoms with van der Waals surface area (Å²) in [6.45, 7) is 10.6. The Bertz CT molecular complexity index is 2690. The molecule has 2 atom stereocenters. The molecule has 2 saturated heterocycles. The Labute approximate surface area is 431 Å². The summed E-state index contributed by atoms with van der Waals surface area (Å²) in [5.41, 5.74) is 11.2. The highest BCUT2D eigenvalue weighted by Gasteiger charge is 2.42. The van der Waals surface area contributed by atoms with E-state index in [1.807, 2.05) is 52.2 Å². The van der Waals surface area contributed by atoms with E-state index in [1.165, 1.54) is 22.5 Å². The molecule has 2 fully saturated rings. The number of nitrogens with zero attached hydrogens (tertiary/aromatic N) is 11. The van der Waals surface area contributed by atoms with E-state index >= 15 is 0 Å². The van der Waals surface area contributed by atoms with Gasteiger partial charge in [0.15, 0.2) is 14.7 Å². The number of ether oxygens (including phenoxy) is 2. The number of carbonyl (C=O) groups excluding carboxylic acids is 3. The molecule has 3 amide bonds. The fourth-order valence-corrected chi connectivity index (χ4v) is 11.5. The molecule has 8 rings (SSSR count). The van der Waals surface area contributed by atoms with Gasteiger partial charge in [0.05, 0.1) is 50.1 Å². The molecule has 2 aromatic carbocycles. The van der Waals surface area contributed by atoms with Crippen molar-refractivity contribution in [2.45, 2.75) is 67.1 Å². The molecule has 1 unspecified atom stereocenters. The maximum Gasteiger partial charge on any atom is 0.284 e. The number of H-pyrrole nitrogens is 1. The predicted octanol–water partition coefficient (Wildman–Crippen LogP) is 5.36. The summed E-state index contributed by atoms with van der Waals surface area (Å²) in [6.07, 6.45) is 10.9.